The van der Waals surface area contributed by atoms with Gasteiger partial charge in [0, 0.05) is 25.3 Å². The number of rotatable bonds is 8. The van der Waals surface area contributed by atoms with Crippen molar-refractivity contribution in [2.45, 2.75) is 45.4 Å². The molecule has 0 atom stereocenters. The number of unbranched alkanes of at least 4 members (excludes halogenated alkanes) is 4. The zero-order valence-electron chi connectivity index (χ0n) is 12.2. The van der Waals surface area contributed by atoms with E-state index < -0.39 is 5.97 Å². The summed E-state index contributed by atoms with van der Waals surface area (Å²) in [6, 6.07) is 5.45. The molecule has 0 spiro atoms. The Labute approximate surface area is 116 Å². The fourth-order valence-electron chi connectivity index (χ4n) is 2.18. The molecule has 3 heteroatoms. The first-order chi connectivity index (χ1) is 9.06. The van der Waals surface area contributed by atoms with Gasteiger partial charge in [-0.05, 0) is 30.5 Å². The van der Waals surface area contributed by atoms with Crippen LogP contribution in [0.2, 0.25) is 0 Å². The molecule has 0 radical (unpaired) electrons. The van der Waals surface area contributed by atoms with Gasteiger partial charge in [0.25, 0.3) is 0 Å². The maximum absolute atomic E-state index is 11.1. The predicted molar refractivity (Wildman–Crippen MR) is 77.6 cm³/mol. The van der Waals surface area contributed by atoms with E-state index in [0.29, 0.717) is 5.56 Å². The van der Waals surface area contributed by atoms with E-state index in [2.05, 4.69) is 6.92 Å². The summed E-state index contributed by atoms with van der Waals surface area (Å²) in [6.45, 7) is 2.19. The lowest BCUT2D eigenvalue weighted by Gasteiger charge is -2.17. The Morgan fingerprint density at radius 1 is 1.16 bits per heavy atom. The summed E-state index contributed by atoms with van der Waals surface area (Å²) in [5.74, 6) is -1.08. The molecule has 3 nitrogen and oxygen atoms in total. The zero-order chi connectivity index (χ0) is 14.3. The second-order valence-electron chi connectivity index (χ2n) is 5.19. The molecule has 0 bridgehead atoms. The van der Waals surface area contributed by atoms with E-state index in [4.69, 9.17) is 0 Å². The normalized spacial score (nSPS) is 10.5. The molecule has 0 amide bonds. The van der Waals surface area contributed by atoms with Crippen LogP contribution in [0.25, 0.3) is 0 Å². The van der Waals surface area contributed by atoms with E-state index in [1.807, 2.05) is 31.1 Å². The van der Waals surface area contributed by atoms with E-state index in [9.17, 15) is 9.90 Å². The van der Waals surface area contributed by atoms with Gasteiger partial charge < -0.3 is 14.8 Å². The summed E-state index contributed by atoms with van der Waals surface area (Å²) in [5, 5.41) is 11.1. The van der Waals surface area contributed by atoms with Crippen molar-refractivity contribution in [2.75, 3.05) is 19.0 Å². The third-order valence-corrected chi connectivity index (χ3v) is 3.37. The van der Waals surface area contributed by atoms with Crippen LogP contribution in [0.4, 0.5) is 5.69 Å². The molecule has 0 aliphatic carbocycles. The highest BCUT2D eigenvalue weighted by molar-refractivity contribution is 5.88. The number of hydrogen-bond donors (Lipinski definition) is 0. The third kappa shape index (κ3) is 4.93. The number of carbonyl (C=O) groups excluding carboxylic acids is 1. The van der Waals surface area contributed by atoms with E-state index in [1.54, 1.807) is 6.07 Å². The van der Waals surface area contributed by atoms with Gasteiger partial charge in [0.15, 0.2) is 0 Å². The van der Waals surface area contributed by atoms with E-state index in [-0.39, 0.29) is 0 Å². The third-order valence-electron chi connectivity index (χ3n) is 3.37. The smallest absolute Gasteiger partial charge is 0.0718 e. The summed E-state index contributed by atoms with van der Waals surface area (Å²) in [7, 11) is 3.91. The van der Waals surface area contributed by atoms with Crippen molar-refractivity contribution in [2.24, 2.45) is 0 Å². The number of nitrogens with zero attached hydrogens (tertiary/aromatic N) is 1. The molecule has 1 aromatic carbocycles. The standard InChI is InChI=1S/C16H25NO2/c1-4-5-6-7-8-9-13-12-14(17(2)3)10-11-15(13)16(18)19/h10-12H,4-9H2,1-3H3,(H,18,19)/p-1. The van der Waals surface area contributed by atoms with Gasteiger partial charge in [-0.2, -0.15) is 0 Å². The highest BCUT2D eigenvalue weighted by Crippen LogP contribution is 2.20. The minimum Gasteiger partial charge on any atom is -0.545 e. The largest absolute Gasteiger partial charge is 0.545 e. The van der Waals surface area contributed by atoms with E-state index >= 15 is 0 Å². The lowest BCUT2D eigenvalue weighted by molar-refractivity contribution is -0.255. The SMILES string of the molecule is CCCCCCCc1cc(N(C)C)ccc1C(=O)[O-]. The van der Waals surface area contributed by atoms with Gasteiger partial charge in [0.05, 0.1) is 5.97 Å². The molecule has 0 heterocycles. The number of aromatic carboxylic acids is 1. The van der Waals surface area contributed by atoms with Crippen molar-refractivity contribution in [3.05, 3.63) is 29.3 Å². The Kier molecular flexibility index (Phi) is 6.40. The van der Waals surface area contributed by atoms with Crippen molar-refractivity contribution < 1.29 is 9.90 Å². The van der Waals surface area contributed by atoms with E-state index in [0.717, 1.165) is 30.5 Å². The quantitative estimate of drug-likeness (QED) is 0.676. The number of carbonyl (C=O) groups is 1. The Hall–Kier alpha value is -1.51. The van der Waals surface area contributed by atoms with Crippen molar-refractivity contribution in [3.63, 3.8) is 0 Å². The first kappa shape index (κ1) is 15.5. The van der Waals surface area contributed by atoms with E-state index in [1.165, 1.54) is 19.3 Å². The highest BCUT2D eigenvalue weighted by atomic mass is 16.4. The topological polar surface area (TPSA) is 43.4 Å². The van der Waals surface area contributed by atoms with Crippen LogP contribution in [-0.2, 0) is 6.42 Å². The second kappa shape index (κ2) is 7.82. The molecule has 0 aliphatic heterocycles. The first-order valence-corrected chi connectivity index (χ1v) is 7.07. The number of carboxylic acid groups (broad SMARTS) is 1. The Bertz CT molecular complexity index is 413. The molecule has 0 N–H and O–H groups in total. The van der Waals surface area contributed by atoms with Crippen LogP contribution in [0.5, 0.6) is 0 Å². The van der Waals surface area contributed by atoms with Crippen LogP contribution in [0.1, 0.15) is 54.9 Å². The molecule has 0 saturated carbocycles. The van der Waals surface area contributed by atoms with Gasteiger partial charge in [-0.15, -0.1) is 0 Å². The molecular weight excluding hydrogens is 238 g/mol. The van der Waals surface area contributed by atoms with Crippen LogP contribution in [0, 0.1) is 0 Å². The molecule has 0 fully saturated rings. The van der Waals surface area contributed by atoms with Crippen LogP contribution in [-0.4, -0.2) is 20.1 Å². The molecule has 1 aromatic rings. The summed E-state index contributed by atoms with van der Waals surface area (Å²) < 4.78 is 0. The van der Waals surface area contributed by atoms with Gasteiger partial charge in [0.2, 0.25) is 0 Å². The minimum atomic E-state index is -1.08. The maximum Gasteiger partial charge on any atom is 0.0718 e. The number of benzene rings is 1. The molecule has 0 saturated heterocycles. The number of hydrogen-bond acceptors (Lipinski definition) is 3. The highest BCUT2D eigenvalue weighted by Gasteiger charge is 2.06. The lowest BCUT2D eigenvalue weighted by Crippen LogP contribution is -2.24. The monoisotopic (exact) mass is 262 g/mol. The van der Waals surface area contributed by atoms with Gasteiger partial charge in [0.1, 0.15) is 0 Å². The number of anilines is 1. The molecule has 0 aliphatic rings. The number of aryl methyl sites for hydroxylation is 1. The number of carboxylic acids is 1. The first-order valence-electron chi connectivity index (χ1n) is 7.07. The van der Waals surface area contributed by atoms with Crippen LogP contribution in [0.3, 0.4) is 0 Å². The second-order valence-corrected chi connectivity index (χ2v) is 5.19. The van der Waals surface area contributed by atoms with Gasteiger partial charge in [-0.25, -0.2) is 0 Å². The van der Waals surface area contributed by atoms with Crippen LogP contribution >= 0.6 is 0 Å². The van der Waals surface area contributed by atoms with Crippen LogP contribution in [0.15, 0.2) is 18.2 Å². The Morgan fingerprint density at radius 2 is 1.84 bits per heavy atom. The molecule has 1 rings (SSSR count). The molecule has 0 unspecified atom stereocenters. The zero-order valence-corrected chi connectivity index (χ0v) is 12.2. The molecule has 106 valence electrons. The van der Waals surface area contributed by atoms with Gasteiger partial charge in [-0.3, -0.25) is 0 Å². The maximum atomic E-state index is 11.1. The summed E-state index contributed by atoms with van der Waals surface area (Å²) in [5.41, 5.74) is 2.26. The summed E-state index contributed by atoms with van der Waals surface area (Å²) in [4.78, 5) is 13.1. The summed E-state index contributed by atoms with van der Waals surface area (Å²) in [6.07, 6.45) is 6.72. The average molecular weight is 262 g/mol. The lowest BCUT2D eigenvalue weighted by atomic mass is 9.99. The van der Waals surface area contributed by atoms with Crippen molar-refractivity contribution in [1.82, 2.24) is 0 Å². The van der Waals surface area contributed by atoms with Crippen molar-refractivity contribution >= 4 is 11.7 Å². The Balaban J connectivity index is 2.71. The molecule has 0 aromatic heterocycles. The van der Waals surface area contributed by atoms with Crippen LogP contribution < -0.4 is 10.0 Å². The Morgan fingerprint density at radius 3 is 2.42 bits per heavy atom. The van der Waals surface area contributed by atoms with Crippen molar-refractivity contribution in [1.29, 1.82) is 0 Å². The average Bonchev–Trinajstić information content (AvgIpc) is 2.38. The summed E-state index contributed by atoms with van der Waals surface area (Å²) >= 11 is 0. The molecular formula is C16H24NO2-. The fraction of sp³-hybridized carbons (Fsp3) is 0.562. The molecule has 19 heavy (non-hydrogen) atoms. The van der Waals surface area contributed by atoms with Crippen molar-refractivity contribution in [3.8, 4) is 0 Å². The minimum absolute atomic E-state index is 0.334. The predicted octanol–water partition coefficient (Wildman–Crippen LogP) is 2.63. The fourth-order valence-corrected chi connectivity index (χ4v) is 2.18. The van der Waals surface area contributed by atoms with Gasteiger partial charge >= 0.3 is 0 Å². The van der Waals surface area contributed by atoms with Gasteiger partial charge in [-0.1, -0.05) is 38.7 Å².